The number of hydrogen-bond acceptors (Lipinski definition) is 7. The molecular formula is C58H78N4O5. The van der Waals surface area contributed by atoms with Crippen molar-refractivity contribution in [2.75, 3.05) is 6.54 Å². The van der Waals surface area contributed by atoms with Gasteiger partial charge in [0.2, 0.25) is 5.91 Å². The molecule has 9 heteroatoms. The molecule has 0 spiro atoms. The van der Waals surface area contributed by atoms with Crippen LogP contribution >= 0.6 is 0 Å². The van der Waals surface area contributed by atoms with Gasteiger partial charge in [0, 0.05) is 29.9 Å². The molecule has 6 aliphatic carbocycles. The number of rotatable bonds is 10. The number of fused-ring (bicyclic) bond motifs is 7. The van der Waals surface area contributed by atoms with Crippen molar-refractivity contribution in [1.29, 1.82) is 0 Å². The summed E-state index contributed by atoms with van der Waals surface area (Å²) in [6, 6.07) is 13.8. The second kappa shape index (κ2) is 16.7. The molecule has 67 heavy (non-hydrogen) atoms. The van der Waals surface area contributed by atoms with Gasteiger partial charge in [-0.3, -0.25) is 19.4 Å². The number of aromatic nitrogens is 3. The first-order valence-corrected chi connectivity index (χ1v) is 26.3. The number of benzene rings is 1. The Labute approximate surface area is 400 Å². The maximum Gasteiger partial charge on any atom is 0.309 e. The zero-order chi connectivity index (χ0) is 47.3. The number of carbonyl (C=O) groups is 3. The summed E-state index contributed by atoms with van der Waals surface area (Å²) in [5.41, 5.74) is 3.47. The zero-order valence-electron chi connectivity index (χ0n) is 41.9. The van der Waals surface area contributed by atoms with E-state index >= 15 is 4.79 Å². The van der Waals surface area contributed by atoms with Crippen LogP contribution in [0.4, 0.5) is 0 Å². The van der Waals surface area contributed by atoms with Gasteiger partial charge in [-0.2, -0.15) is 0 Å². The first-order chi connectivity index (χ1) is 31.9. The number of nitrogens with zero attached hydrogens (tertiary/aromatic N) is 3. The number of esters is 2. The number of hydrogen-bond donors (Lipinski definition) is 1. The van der Waals surface area contributed by atoms with Crippen LogP contribution in [0, 0.1) is 73.9 Å². The number of likely N-dealkylation sites (tertiary alicyclic amines) is 1. The van der Waals surface area contributed by atoms with Crippen molar-refractivity contribution in [1.82, 2.24) is 19.9 Å². The quantitative estimate of drug-likeness (QED) is 0.159. The van der Waals surface area contributed by atoms with Crippen molar-refractivity contribution >= 4 is 17.8 Å². The van der Waals surface area contributed by atoms with Gasteiger partial charge in [-0.25, -0.2) is 4.98 Å². The molecule has 7 aliphatic rings. The molecule has 3 heterocycles. The third kappa shape index (κ3) is 6.97. The highest BCUT2D eigenvalue weighted by Crippen LogP contribution is 2.78. The van der Waals surface area contributed by atoms with E-state index in [9.17, 15) is 9.59 Å². The van der Waals surface area contributed by atoms with Crippen molar-refractivity contribution in [3.63, 3.8) is 0 Å². The minimum atomic E-state index is -0.482. The SMILES string of the molecule is C=C(C)C1CCC2(C(=O)N3CCCC3c3ncc(-c4cccnc4)[nH]3)CCC3(C)C(CCC4C5(C)CCC(OC(=O)C6CC(C(=O)OCc7ccccc7)C6(C)CC)C(C)(C)C5CCC43C)C12. The van der Waals surface area contributed by atoms with Crippen LogP contribution in [0.25, 0.3) is 11.3 Å². The Balaban J connectivity index is 0.852. The molecule has 0 radical (unpaired) electrons. The van der Waals surface area contributed by atoms with Crippen LogP contribution in [0.5, 0.6) is 0 Å². The molecule has 1 aromatic carbocycles. The van der Waals surface area contributed by atoms with E-state index in [1.165, 1.54) is 12.0 Å². The summed E-state index contributed by atoms with van der Waals surface area (Å²) in [6.45, 7) is 24.8. The molecule has 10 rings (SSSR count). The Morgan fingerprint density at radius 3 is 2.33 bits per heavy atom. The minimum Gasteiger partial charge on any atom is -0.462 e. The van der Waals surface area contributed by atoms with Crippen LogP contribution in [-0.2, 0) is 30.5 Å². The summed E-state index contributed by atoms with van der Waals surface area (Å²) in [5.74, 6) is 2.40. The molecule has 1 aliphatic heterocycles. The topological polar surface area (TPSA) is 114 Å². The zero-order valence-corrected chi connectivity index (χ0v) is 41.9. The number of imidazole rings is 1. The lowest BCUT2D eigenvalue weighted by molar-refractivity contribution is -0.251. The van der Waals surface area contributed by atoms with Gasteiger partial charge in [-0.05, 0) is 166 Å². The maximum atomic E-state index is 15.6. The van der Waals surface area contributed by atoms with E-state index in [1.54, 1.807) is 6.20 Å². The molecule has 14 atom stereocenters. The molecular weight excluding hydrogens is 833 g/mol. The molecule has 360 valence electrons. The van der Waals surface area contributed by atoms with E-state index in [0.717, 1.165) is 99.8 Å². The molecule has 1 N–H and O–H groups in total. The number of ether oxygens (including phenoxy) is 2. The van der Waals surface area contributed by atoms with Gasteiger partial charge in [0.05, 0.1) is 35.2 Å². The van der Waals surface area contributed by atoms with Crippen LogP contribution in [-0.4, -0.2) is 50.3 Å². The van der Waals surface area contributed by atoms with E-state index in [0.29, 0.717) is 48.3 Å². The average Bonchev–Trinajstić information content (AvgIpc) is 4.09. The molecule has 3 aromatic rings. The number of carbonyl (C=O) groups excluding carboxylic acids is 3. The molecule has 2 aromatic heterocycles. The van der Waals surface area contributed by atoms with Crippen molar-refractivity contribution in [3.05, 3.63) is 84.6 Å². The highest BCUT2D eigenvalue weighted by atomic mass is 16.5. The van der Waals surface area contributed by atoms with Crippen molar-refractivity contribution in [2.45, 2.75) is 164 Å². The predicted molar refractivity (Wildman–Crippen MR) is 261 cm³/mol. The largest absolute Gasteiger partial charge is 0.462 e. The minimum absolute atomic E-state index is 0.0397. The Hall–Kier alpha value is -4.27. The predicted octanol–water partition coefficient (Wildman–Crippen LogP) is 12.5. The third-order valence-electron chi connectivity index (χ3n) is 21.7. The van der Waals surface area contributed by atoms with Crippen molar-refractivity contribution in [2.24, 2.45) is 73.9 Å². The third-order valence-corrected chi connectivity index (χ3v) is 21.7. The molecule has 1 saturated heterocycles. The van der Waals surface area contributed by atoms with Crippen LogP contribution in [0.3, 0.4) is 0 Å². The number of H-pyrrole nitrogens is 1. The van der Waals surface area contributed by atoms with Gasteiger partial charge in [0.15, 0.2) is 0 Å². The van der Waals surface area contributed by atoms with Crippen LogP contribution in [0.1, 0.15) is 163 Å². The highest BCUT2D eigenvalue weighted by Gasteiger charge is 2.73. The fourth-order valence-corrected chi connectivity index (χ4v) is 17.6. The van der Waals surface area contributed by atoms with Crippen LogP contribution < -0.4 is 0 Å². The normalized spacial score (nSPS) is 40.6. The maximum absolute atomic E-state index is 15.6. The lowest BCUT2D eigenvalue weighted by Gasteiger charge is -2.73. The monoisotopic (exact) mass is 911 g/mol. The molecule has 1 amide bonds. The first-order valence-electron chi connectivity index (χ1n) is 26.3. The van der Waals surface area contributed by atoms with Crippen LogP contribution in [0.2, 0.25) is 0 Å². The van der Waals surface area contributed by atoms with E-state index in [-0.39, 0.29) is 69.6 Å². The van der Waals surface area contributed by atoms with Crippen molar-refractivity contribution in [3.8, 4) is 11.3 Å². The summed E-state index contributed by atoms with van der Waals surface area (Å²) in [6.07, 6.45) is 19.1. The van der Waals surface area contributed by atoms with Crippen LogP contribution in [0.15, 0.2) is 73.2 Å². The van der Waals surface area contributed by atoms with E-state index in [2.05, 4.69) is 82.9 Å². The van der Waals surface area contributed by atoms with Gasteiger partial charge in [0.25, 0.3) is 0 Å². The Morgan fingerprint density at radius 1 is 0.821 bits per heavy atom. The van der Waals surface area contributed by atoms with Gasteiger partial charge < -0.3 is 19.4 Å². The van der Waals surface area contributed by atoms with E-state index in [4.69, 9.17) is 14.5 Å². The standard InChI is InChI=1S/C58H78N4O5/c1-10-54(6)41(50(63)66-35-37-16-12-11-13-17-37)32-42(54)51(64)67-47-24-25-55(7)45(53(47,4)5)23-26-57(9)46(55)21-20-40-48-39(36(2)3)22-27-58(48,29-28-56(40,57)8)52(65)62-31-15-19-44(62)49-60-34-43(61-49)38-18-14-30-59-33-38/h11-14,16-18,30,33-34,39-42,44-48H,2,10,15,19-29,31-32,35H2,1,3-9H3,(H,60,61). The number of nitrogens with one attached hydrogen (secondary N) is 1. The molecule has 6 saturated carbocycles. The molecule has 9 nitrogen and oxygen atoms in total. The van der Waals surface area contributed by atoms with Gasteiger partial charge in [-0.1, -0.05) is 91.0 Å². The smallest absolute Gasteiger partial charge is 0.309 e. The second-order valence-electron chi connectivity index (χ2n) is 24.5. The fourth-order valence-electron chi connectivity index (χ4n) is 17.6. The highest BCUT2D eigenvalue weighted by molar-refractivity contribution is 5.85. The number of allylic oxidation sites excluding steroid dienone is 1. The Bertz CT molecular complexity index is 2380. The van der Waals surface area contributed by atoms with Gasteiger partial charge >= 0.3 is 11.9 Å². The van der Waals surface area contributed by atoms with Gasteiger partial charge in [-0.15, -0.1) is 0 Å². The summed E-state index contributed by atoms with van der Waals surface area (Å²) in [7, 11) is 0. The van der Waals surface area contributed by atoms with E-state index < -0.39 is 5.41 Å². The molecule has 14 unspecified atom stereocenters. The Morgan fingerprint density at radius 2 is 1.60 bits per heavy atom. The first kappa shape index (κ1) is 46.5. The molecule has 0 bridgehead atoms. The fraction of sp³-hybridized carbons (Fsp3) is 0.672. The second-order valence-corrected chi connectivity index (χ2v) is 24.5. The number of aromatic amines is 1. The number of pyridine rings is 1. The lowest BCUT2D eigenvalue weighted by atomic mass is 9.32. The van der Waals surface area contributed by atoms with E-state index in [1.807, 2.05) is 48.8 Å². The number of amides is 1. The summed E-state index contributed by atoms with van der Waals surface area (Å²) in [5, 5.41) is 0. The Kier molecular flexibility index (Phi) is 11.6. The summed E-state index contributed by atoms with van der Waals surface area (Å²) < 4.78 is 12.5. The average molecular weight is 911 g/mol. The summed E-state index contributed by atoms with van der Waals surface area (Å²) >= 11 is 0. The summed E-state index contributed by atoms with van der Waals surface area (Å²) in [4.78, 5) is 58.3. The lowest BCUT2D eigenvalue weighted by Crippen LogP contribution is -2.67. The molecule has 7 fully saturated rings. The van der Waals surface area contributed by atoms with Gasteiger partial charge in [0.1, 0.15) is 18.5 Å². The van der Waals surface area contributed by atoms with Crippen molar-refractivity contribution < 1.29 is 23.9 Å².